The zero-order valence-electron chi connectivity index (χ0n) is 14.8. The second-order valence-corrected chi connectivity index (χ2v) is 6.51. The van der Waals surface area contributed by atoms with Crippen LogP contribution in [0.1, 0.15) is 60.8 Å². The Labute approximate surface area is 147 Å². The van der Waals surface area contributed by atoms with E-state index in [4.69, 9.17) is 0 Å². The van der Waals surface area contributed by atoms with Crippen molar-refractivity contribution in [3.63, 3.8) is 0 Å². The van der Waals surface area contributed by atoms with Crippen LogP contribution in [-0.4, -0.2) is 0 Å². The molecule has 0 aliphatic heterocycles. The lowest BCUT2D eigenvalue weighted by atomic mass is 10.0. The maximum absolute atomic E-state index is 3.79. The molecule has 0 aliphatic rings. The molecule has 0 amide bonds. The summed E-state index contributed by atoms with van der Waals surface area (Å²) in [6.07, 6.45) is 14.2. The topological polar surface area (TPSA) is 0 Å². The summed E-state index contributed by atoms with van der Waals surface area (Å²) in [7, 11) is 0. The summed E-state index contributed by atoms with van der Waals surface area (Å²) in [6.45, 7) is 7.59. The molecule has 0 fully saturated rings. The van der Waals surface area contributed by atoms with E-state index in [-0.39, 0.29) is 0 Å². The van der Waals surface area contributed by atoms with Gasteiger partial charge in [0.05, 0.1) is 0 Å². The highest BCUT2D eigenvalue weighted by atomic mass is 14.0. The Bertz CT molecular complexity index is 544. The minimum Gasteiger partial charge on any atom is -0.0985 e. The van der Waals surface area contributed by atoms with Crippen molar-refractivity contribution < 1.29 is 0 Å². The van der Waals surface area contributed by atoms with Gasteiger partial charge in [-0.05, 0) is 47.9 Å². The molecular formula is C24H30. The Balaban J connectivity index is 1.50. The van der Waals surface area contributed by atoms with Gasteiger partial charge in [0.25, 0.3) is 0 Å². The smallest absolute Gasteiger partial charge is 0.0262 e. The summed E-state index contributed by atoms with van der Waals surface area (Å²) in [5.41, 5.74) is 5.31. The van der Waals surface area contributed by atoms with Gasteiger partial charge in [0.1, 0.15) is 0 Å². The summed E-state index contributed by atoms with van der Waals surface area (Å²) < 4.78 is 0. The number of rotatable bonds is 11. The highest BCUT2D eigenvalue weighted by Crippen LogP contribution is 2.13. The van der Waals surface area contributed by atoms with Gasteiger partial charge in [0.2, 0.25) is 0 Å². The molecule has 0 radical (unpaired) electrons. The normalized spacial score (nSPS) is 10.5. The third-order valence-corrected chi connectivity index (χ3v) is 4.61. The van der Waals surface area contributed by atoms with E-state index in [1.54, 1.807) is 0 Å². The van der Waals surface area contributed by atoms with E-state index in [0.717, 1.165) is 0 Å². The number of hydrogen-bond acceptors (Lipinski definition) is 0. The van der Waals surface area contributed by atoms with Crippen molar-refractivity contribution in [3.8, 4) is 0 Å². The monoisotopic (exact) mass is 318 g/mol. The van der Waals surface area contributed by atoms with Gasteiger partial charge in [0, 0.05) is 0 Å². The van der Waals surface area contributed by atoms with Crippen LogP contribution < -0.4 is 0 Å². The molecule has 2 rings (SSSR count). The molecule has 0 spiro atoms. The highest BCUT2D eigenvalue weighted by molar-refractivity contribution is 5.47. The van der Waals surface area contributed by atoms with E-state index in [9.17, 15) is 0 Å². The summed E-state index contributed by atoms with van der Waals surface area (Å²) >= 11 is 0. The maximum atomic E-state index is 3.79. The standard InChI is InChI=1S/C24H30/c1-3-21-13-17-23(18-14-21)11-9-7-5-6-8-10-12-24-19-15-22(4-2)16-20-24/h3-4,13-20H,1-2,5-12H2. The van der Waals surface area contributed by atoms with Gasteiger partial charge in [-0.2, -0.15) is 0 Å². The van der Waals surface area contributed by atoms with Crippen molar-refractivity contribution in [2.75, 3.05) is 0 Å². The predicted molar refractivity (Wildman–Crippen MR) is 108 cm³/mol. The zero-order chi connectivity index (χ0) is 17.0. The predicted octanol–water partition coefficient (Wildman–Crippen LogP) is 7.10. The Hall–Kier alpha value is -2.08. The molecule has 0 aromatic heterocycles. The first-order valence-electron chi connectivity index (χ1n) is 9.24. The molecule has 0 aliphatic carbocycles. The average Bonchev–Trinajstić information content (AvgIpc) is 2.65. The quantitative estimate of drug-likeness (QED) is 0.388. The van der Waals surface area contributed by atoms with E-state index in [2.05, 4.69) is 61.7 Å². The minimum atomic E-state index is 1.20. The number of hydrogen-bond donors (Lipinski definition) is 0. The highest BCUT2D eigenvalue weighted by Gasteiger charge is 1.96. The van der Waals surface area contributed by atoms with Gasteiger partial charge < -0.3 is 0 Å². The third-order valence-electron chi connectivity index (χ3n) is 4.61. The molecule has 0 saturated heterocycles. The molecule has 0 bridgehead atoms. The van der Waals surface area contributed by atoms with Crippen LogP contribution in [0.5, 0.6) is 0 Å². The van der Waals surface area contributed by atoms with Crippen LogP contribution in [-0.2, 0) is 12.8 Å². The number of unbranched alkanes of at least 4 members (excludes halogenated alkanes) is 5. The van der Waals surface area contributed by atoms with Crippen LogP contribution >= 0.6 is 0 Å². The Morgan fingerprint density at radius 1 is 0.500 bits per heavy atom. The van der Waals surface area contributed by atoms with E-state index >= 15 is 0 Å². The fourth-order valence-corrected chi connectivity index (χ4v) is 3.01. The van der Waals surface area contributed by atoms with Crippen LogP contribution in [0.15, 0.2) is 61.7 Å². The second-order valence-electron chi connectivity index (χ2n) is 6.51. The fourth-order valence-electron chi connectivity index (χ4n) is 3.01. The first kappa shape index (κ1) is 18.3. The fraction of sp³-hybridized carbons (Fsp3) is 0.333. The van der Waals surface area contributed by atoms with Gasteiger partial charge in [-0.1, -0.05) is 99.5 Å². The summed E-state index contributed by atoms with van der Waals surface area (Å²) in [5.74, 6) is 0. The van der Waals surface area contributed by atoms with Gasteiger partial charge in [-0.3, -0.25) is 0 Å². The van der Waals surface area contributed by atoms with Crippen LogP contribution in [0.4, 0.5) is 0 Å². The van der Waals surface area contributed by atoms with Crippen molar-refractivity contribution in [1.29, 1.82) is 0 Å². The number of benzene rings is 2. The van der Waals surface area contributed by atoms with Crippen LogP contribution in [0.2, 0.25) is 0 Å². The largest absolute Gasteiger partial charge is 0.0985 e. The SMILES string of the molecule is C=Cc1ccc(CCCCCCCCc2ccc(C=C)cc2)cc1. The van der Waals surface area contributed by atoms with E-state index in [0.29, 0.717) is 0 Å². The molecule has 0 heterocycles. The van der Waals surface area contributed by atoms with Crippen molar-refractivity contribution in [2.24, 2.45) is 0 Å². The first-order chi connectivity index (χ1) is 11.8. The second kappa shape index (κ2) is 10.6. The summed E-state index contributed by atoms with van der Waals surface area (Å²) in [6, 6.07) is 17.5. The molecule has 126 valence electrons. The van der Waals surface area contributed by atoms with E-state index in [1.807, 2.05) is 12.2 Å². The molecule has 2 aromatic rings. The molecule has 0 saturated carbocycles. The van der Waals surface area contributed by atoms with Gasteiger partial charge in [0.15, 0.2) is 0 Å². The molecule has 0 atom stereocenters. The Morgan fingerprint density at radius 2 is 0.833 bits per heavy atom. The van der Waals surface area contributed by atoms with Gasteiger partial charge in [-0.15, -0.1) is 0 Å². The van der Waals surface area contributed by atoms with Crippen LogP contribution in [0, 0.1) is 0 Å². The van der Waals surface area contributed by atoms with Crippen molar-refractivity contribution in [1.82, 2.24) is 0 Å². The lowest BCUT2D eigenvalue weighted by molar-refractivity contribution is 0.594. The molecule has 24 heavy (non-hydrogen) atoms. The third kappa shape index (κ3) is 6.58. The van der Waals surface area contributed by atoms with Gasteiger partial charge >= 0.3 is 0 Å². The molecule has 0 nitrogen and oxygen atoms in total. The zero-order valence-corrected chi connectivity index (χ0v) is 14.8. The van der Waals surface area contributed by atoms with E-state index in [1.165, 1.54) is 73.6 Å². The summed E-state index contributed by atoms with van der Waals surface area (Å²) in [4.78, 5) is 0. The van der Waals surface area contributed by atoms with Crippen LogP contribution in [0.3, 0.4) is 0 Å². The number of aryl methyl sites for hydroxylation is 2. The van der Waals surface area contributed by atoms with Crippen molar-refractivity contribution in [2.45, 2.75) is 51.4 Å². The van der Waals surface area contributed by atoms with Crippen molar-refractivity contribution >= 4 is 12.2 Å². The Morgan fingerprint density at radius 3 is 1.17 bits per heavy atom. The Kier molecular flexibility index (Phi) is 8.10. The molecule has 0 heteroatoms. The van der Waals surface area contributed by atoms with E-state index < -0.39 is 0 Å². The average molecular weight is 319 g/mol. The molecule has 0 N–H and O–H groups in total. The van der Waals surface area contributed by atoms with Crippen LogP contribution in [0.25, 0.3) is 12.2 Å². The molecule has 2 aromatic carbocycles. The van der Waals surface area contributed by atoms with Crippen molar-refractivity contribution in [3.05, 3.63) is 83.9 Å². The minimum absolute atomic E-state index is 1.20. The summed E-state index contributed by atoms with van der Waals surface area (Å²) in [5, 5.41) is 0. The van der Waals surface area contributed by atoms with Gasteiger partial charge in [-0.25, -0.2) is 0 Å². The first-order valence-corrected chi connectivity index (χ1v) is 9.24. The molecule has 0 unspecified atom stereocenters. The molecular weight excluding hydrogens is 288 g/mol. The lowest BCUT2D eigenvalue weighted by Crippen LogP contribution is -1.88. The maximum Gasteiger partial charge on any atom is -0.0262 e. The lowest BCUT2D eigenvalue weighted by Gasteiger charge is -2.04.